The van der Waals surface area contributed by atoms with Crippen LogP contribution in [0.2, 0.25) is 0 Å². The summed E-state index contributed by atoms with van der Waals surface area (Å²) in [5, 5.41) is 12.2. The second kappa shape index (κ2) is 7.01. The van der Waals surface area contributed by atoms with Gasteiger partial charge in [-0.2, -0.15) is 0 Å². The first-order valence-electron chi connectivity index (χ1n) is 6.28. The standard InChI is InChI=1S/C14H21NO3/c1-4-9-15-10(2)12-7-5-6-8-13(12)18-11(3)14(16)17/h5-8,10-11,15H,4,9H2,1-3H3,(H,16,17). The van der Waals surface area contributed by atoms with Crippen LogP contribution < -0.4 is 10.1 Å². The number of benzene rings is 1. The minimum Gasteiger partial charge on any atom is -0.479 e. The highest BCUT2D eigenvalue weighted by Gasteiger charge is 2.16. The number of carbonyl (C=O) groups is 1. The Labute approximate surface area is 108 Å². The lowest BCUT2D eigenvalue weighted by atomic mass is 10.1. The van der Waals surface area contributed by atoms with Crippen LogP contribution in [0.5, 0.6) is 5.75 Å². The van der Waals surface area contributed by atoms with E-state index in [0.717, 1.165) is 18.5 Å². The van der Waals surface area contributed by atoms with Crippen molar-refractivity contribution < 1.29 is 14.6 Å². The van der Waals surface area contributed by atoms with Crippen LogP contribution in [0.4, 0.5) is 0 Å². The van der Waals surface area contributed by atoms with E-state index < -0.39 is 12.1 Å². The van der Waals surface area contributed by atoms with Crippen molar-refractivity contribution >= 4 is 5.97 Å². The van der Waals surface area contributed by atoms with Crippen molar-refractivity contribution in [2.45, 2.75) is 39.3 Å². The van der Waals surface area contributed by atoms with Gasteiger partial charge in [-0.05, 0) is 32.9 Å². The summed E-state index contributed by atoms with van der Waals surface area (Å²) in [6.07, 6.45) is 0.211. The third-order valence-electron chi connectivity index (χ3n) is 2.74. The molecule has 2 unspecified atom stereocenters. The summed E-state index contributed by atoms with van der Waals surface area (Å²) in [5.41, 5.74) is 0.985. The number of para-hydroxylation sites is 1. The molecule has 0 fully saturated rings. The van der Waals surface area contributed by atoms with E-state index in [0.29, 0.717) is 5.75 Å². The topological polar surface area (TPSA) is 58.6 Å². The van der Waals surface area contributed by atoms with Crippen molar-refractivity contribution in [1.29, 1.82) is 0 Å². The second-order valence-electron chi connectivity index (χ2n) is 4.31. The van der Waals surface area contributed by atoms with Crippen LogP contribution in [-0.4, -0.2) is 23.7 Å². The Morgan fingerprint density at radius 1 is 1.39 bits per heavy atom. The third-order valence-corrected chi connectivity index (χ3v) is 2.74. The minimum absolute atomic E-state index is 0.141. The number of carboxylic acid groups (broad SMARTS) is 1. The van der Waals surface area contributed by atoms with Gasteiger partial charge in [0.2, 0.25) is 0 Å². The van der Waals surface area contributed by atoms with Crippen LogP contribution in [-0.2, 0) is 4.79 Å². The van der Waals surface area contributed by atoms with Gasteiger partial charge in [0.25, 0.3) is 0 Å². The summed E-state index contributed by atoms with van der Waals surface area (Å²) >= 11 is 0. The van der Waals surface area contributed by atoms with Crippen LogP contribution in [0.1, 0.15) is 38.8 Å². The van der Waals surface area contributed by atoms with Crippen molar-refractivity contribution in [3.8, 4) is 5.75 Å². The largest absolute Gasteiger partial charge is 0.479 e. The molecule has 4 heteroatoms. The van der Waals surface area contributed by atoms with Gasteiger partial charge in [0, 0.05) is 11.6 Å². The fourth-order valence-electron chi connectivity index (χ4n) is 1.66. The lowest BCUT2D eigenvalue weighted by Gasteiger charge is -2.19. The van der Waals surface area contributed by atoms with E-state index in [1.165, 1.54) is 6.92 Å². The molecule has 0 radical (unpaired) electrons. The van der Waals surface area contributed by atoms with Crippen molar-refractivity contribution in [2.75, 3.05) is 6.54 Å². The van der Waals surface area contributed by atoms with Crippen LogP contribution in [0.3, 0.4) is 0 Å². The maximum Gasteiger partial charge on any atom is 0.344 e. The van der Waals surface area contributed by atoms with Crippen LogP contribution >= 0.6 is 0 Å². The van der Waals surface area contributed by atoms with Crippen LogP contribution in [0.15, 0.2) is 24.3 Å². The molecule has 1 rings (SSSR count). The van der Waals surface area contributed by atoms with Crippen LogP contribution in [0, 0.1) is 0 Å². The Balaban J connectivity index is 2.81. The van der Waals surface area contributed by atoms with Gasteiger partial charge in [-0.1, -0.05) is 25.1 Å². The highest BCUT2D eigenvalue weighted by Crippen LogP contribution is 2.25. The average Bonchev–Trinajstić information content (AvgIpc) is 2.36. The number of ether oxygens (including phenoxy) is 1. The van der Waals surface area contributed by atoms with E-state index in [4.69, 9.17) is 9.84 Å². The lowest BCUT2D eigenvalue weighted by molar-refractivity contribution is -0.144. The first kappa shape index (κ1) is 14.5. The molecule has 0 aliphatic heterocycles. The third kappa shape index (κ3) is 4.04. The number of nitrogens with one attached hydrogen (secondary N) is 1. The van der Waals surface area contributed by atoms with E-state index in [9.17, 15) is 4.79 Å². The number of hydrogen-bond acceptors (Lipinski definition) is 3. The zero-order valence-corrected chi connectivity index (χ0v) is 11.1. The van der Waals surface area contributed by atoms with E-state index >= 15 is 0 Å². The summed E-state index contributed by atoms with van der Waals surface area (Å²) in [5.74, 6) is -0.331. The molecule has 2 N–H and O–H groups in total. The molecule has 0 saturated carbocycles. The summed E-state index contributed by atoms with van der Waals surface area (Å²) in [7, 11) is 0. The number of carboxylic acids is 1. The van der Waals surface area contributed by atoms with Crippen LogP contribution in [0.25, 0.3) is 0 Å². The molecule has 0 bridgehead atoms. The first-order chi connectivity index (χ1) is 8.56. The van der Waals surface area contributed by atoms with E-state index in [1.54, 1.807) is 6.07 Å². The summed E-state index contributed by atoms with van der Waals surface area (Å²) in [6.45, 7) is 6.60. The van der Waals surface area contributed by atoms with Gasteiger partial charge in [-0.25, -0.2) is 4.79 Å². The van der Waals surface area contributed by atoms with Crippen molar-refractivity contribution in [2.24, 2.45) is 0 Å². The van der Waals surface area contributed by atoms with Crippen molar-refractivity contribution in [3.63, 3.8) is 0 Å². The van der Waals surface area contributed by atoms with Gasteiger partial charge in [-0.15, -0.1) is 0 Å². The molecule has 18 heavy (non-hydrogen) atoms. The zero-order valence-electron chi connectivity index (χ0n) is 11.1. The molecule has 0 aromatic heterocycles. The normalized spacial score (nSPS) is 13.9. The quantitative estimate of drug-likeness (QED) is 0.782. The Morgan fingerprint density at radius 2 is 2.06 bits per heavy atom. The molecule has 4 nitrogen and oxygen atoms in total. The van der Waals surface area contributed by atoms with E-state index in [1.807, 2.05) is 25.1 Å². The molecule has 2 atom stereocenters. The monoisotopic (exact) mass is 251 g/mol. The Bertz CT molecular complexity index is 392. The van der Waals surface area contributed by atoms with Gasteiger partial charge < -0.3 is 15.2 Å². The number of aliphatic carboxylic acids is 1. The minimum atomic E-state index is -0.959. The lowest BCUT2D eigenvalue weighted by Crippen LogP contribution is -2.25. The summed E-state index contributed by atoms with van der Waals surface area (Å²) in [4.78, 5) is 10.8. The Kier molecular flexibility index (Phi) is 5.65. The summed E-state index contributed by atoms with van der Waals surface area (Å²) < 4.78 is 5.47. The number of rotatable bonds is 7. The van der Waals surface area contributed by atoms with E-state index in [-0.39, 0.29) is 6.04 Å². The first-order valence-corrected chi connectivity index (χ1v) is 6.28. The molecular weight excluding hydrogens is 230 g/mol. The van der Waals surface area contributed by atoms with Gasteiger partial charge in [0.05, 0.1) is 0 Å². The molecule has 100 valence electrons. The predicted octanol–water partition coefficient (Wildman–Crippen LogP) is 2.60. The maximum absolute atomic E-state index is 10.8. The maximum atomic E-state index is 10.8. The molecule has 0 heterocycles. The fourth-order valence-corrected chi connectivity index (χ4v) is 1.66. The molecule has 0 aliphatic rings. The van der Waals surface area contributed by atoms with Gasteiger partial charge in [0.15, 0.2) is 6.10 Å². The highest BCUT2D eigenvalue weighted by atomic mass is 16.5. The molecule has 0 aliphatic carbocycles. The molecule has 0 saturated heterocycles. The molecule has 1 aromatic carbocycles. The van der Waals surface area contributed by atoms with E-state index in [2.05, 4.69) is 12.2 Å². The Hall–Kier alpha value is -1.55. The zero-order chi connectivity index (χ0) is 13.5. The molecule has 0 amide bonds. The SMILES string of the molecule is CCCNC(C)c1ccccc1OC(C)C(=O)O. The predicted molar refractivity (Wildman–Crippen MR) is 70.9 cm³/mol. The van der Waals surface area contributed by atoms with Crippen molar-refractivity contribution in [3.05, 3.63) is 29.8 Å². The van der Waals surface area contributed by atoms with Gasteiger partial charge in [0.1, 0.15) is 5.75 Å². The average molecular weight is 251 g/mol. The van der Waals surface area contributed by atoms with Crippen molar-refractivity contribution in [1.82, 2.24) is 5.32 Å². The highest BCUT2D eigenvalue weighted by molar-refractivity contribution is 5.72. The number of hydrogen-bond donors (Lipinski definition) is 2. The molecule has 0 spiro atoms. The second-order valence-corrected chi connectivity index (χ2v) is 4.31. The smallest absolute Gasteiger partial charge is 0.344 e. The Morgan fingerprint density at radius 3 is 2.67 bits per heavy atom. The fraction of sp³-hybridized carbons (Fsp3) is 0.500. The molecular formula is C14H21NO3. The summed E-state index contributed by atoms with van der Waals surface area (Å²) in [6, 6.07) is 7.68. The van der Waals surface area contributed by atoms with Gasteiger partial charge in [-0.3, -0.25) is 0 Å². The molecule has 1 aromatic rings. The van der Waals surface area contributed by atoms with Gasteiger partial charge >= 0.3 is 5.97 Å².